The largest absolute Gasteiger partial charge is 0.293 e. The molecule has 3 nitrogen and oxygen atoms in total. The maximum atomic E-state index is 11.4. The third-order valence-electron chi connectivity index (χ3n) is 1.90. The van der Waals surface area contributed by atoms with Gasteiger partial charge in [-0.1, -0.05) is 35.0 Å². The van der Waals surface area contributed by atoms with Gasteiger partial charge in [-0.2, -0.15) is 0 Å². The summed E-state index contributed by atoms with van der Waals surface area (Å²) in [6, 6.07) is 4.65. The van der Waals surface area contributed by atoms with E-state index >= 15 is 0 Å². The Bertz CT molecular complexity index is 434. The van der Waals surface area contributed by atoms with E-state index in [1.165, 1.54) is 6.07 Å². The number of carbonyl (C=O) groups excluding carboxylic acids is 2. The van der Waals surface area contributed by atoms with Crippen LogP contribution in [0.3, 0.4) is 0 Å². The molecule has 78 valence electrons. The second-order valence-corrected chi connectivity index (χ2v) is 4.65. The highest BCUT2D eigenvalue weighted by Gasteiger charge is 2.32. The van der Waals surface area contributed by atoms with E-state index in [4.69, 9.17) is 23.2 Å². The SMILES string of the molecule is O=C1CSC(=O)N1c1ccc(Cl)cc1Cl. The minimum atomic E-state index is -0.302. The van der Waals surface area contributed by atoms with Crippen LogP contribution in [0.1, 0.15) is 0 Å². The summed E-state index contributed by atoms with van der Waals surface area (Å²) in [6.45, 7) is 0. The molecule has 0 bridgehead atoms. The van der Waals surface area contributed by atoms with Gasteiger partial charge in [0, 0.05) is 5.02 Å². The van der Waals surface area contributed by atoms with Gasteiger partial charge in [-0.25, -0.2) is 4.90 Å². The molecule has 1 aromatic rings. The first-order valence-electron chi connectivity index (χ1n) is 4.04. The first-order valence-corrected chi connectivity index (χ1v) is 5.78. The van der Waals surface area contributed by atoms with Crippen molar-refractivity contribution in [3.63, 3.8) is 0 Å². The highest BCUT2D eigenvalue weighted by Crippen LogP contribution is 2.33. The van der Waals surface area contributed by atoms with Gasteiger partial charge < -0.3 is 0 Å². The molecule has 0 spiro atoms. The predicted octanol–water partition coefficient (Wildman–Crippen LogP) is 3.19. The van der Waals surface area contributed by atoms with Crippen LogP contribution in [-0.2, 0) is 4.79 Å². The Labute approximate surface area is 100 Å². The third kappa shape index (κ3) is 1.97. The molecule has 0 radical (unpaired) electrons. The number of hydrogen-bond donors (Lipinski definition) is 0. The minimum Gasteiger partial charge on any atom is -0.273 e. The van der Waals surface area contributed by atoms with Gasteiger partial charge in [-0.15, -0.1) is 0 Å². The van der Waals surface area contributed by atoms with Crippen molar-refractivity contribution in [2.75, 3.05) is 10.7 Å². The lowest BCUT2D eigenvalue weighted by atomic mass is 10.3. The number of nitrogens with zero attached hydrogens (tertiary/aromatic N) is 1. The molecule has 0 unspecified atom stereocenters. The second kappa shape index (κ2) is 4.04. The van der Waals surface area contributed by atoms with Crippen LogP contribution in [0.5, 0.6) is 0 Å². The number of thioether (sulfide) groups is 1. The number of hydrogen-bond acceptors (Lipinski definition) is 3. The summed E-state index contributed by atoms with van der Waals surface area (Å²) in [5.41, 5.74) is 0.390. The van der Waals surface area contributed by atoms with Gasteiger partial charge in [0.05, 0.1) is 16.5 Å². The van der Waals surface area contributed by atoms with Gasteiger partial charge in [0.1, 0.15) is 0 Å². The standard InChI is InChI=1S/C9H5Cl2NO2S/c10-5-1-2-7(6(11)3-5)12-8(13)4-15-9(12)14/h1-3H,4H2. The molecule has 15 heavy (non-hydrogen) atoms. The molecule has 2 amide bonds. The van der Waals surface area contributed by atoms with Crippen LogP contribution in [0.15, 0.2) is 18.2 Å². The minimum absolute atomic E-state index is 0.164. The molecule has 0 atom stereocenters. The lowest BCUT2D eigenvalue weighted by Crippen LogP contribution is -2.28. The lowest BCUT2D eigenvalue weighted by molar-refractivity contribution is -0.115. The number of anilines is 1. The van der Waals surface area contributed by atoms with Crippen LogP contribution in [0.25, 0.3) is 0 Å². The molecule has 1 heterocycles. The Morgan fingerprint density at radius 2 is 2.00 bits per heavy atom. The molecular weight excluding hydrogens is 257 g/mol. The molecule has 0 N–H and O–H groups in total. The number of rotatable bonds is 1. The van der Waals surface area contributed by atoms with Crippen LogP contribution in [0, 0.1) is 0 Å². The summed E-state index contributed by atoms with van der Waals surface area (Å²) in [7, 11) is 0. The Morgan fingerprint density at radius 3 is 2.53 bits per heavy atom. The second-order valence-electron chi connectivity index (χ2n) is 2.88. The van der Waals surface area contributed by atoms with Crippen molar-refractivity contribution < 1.29 is 9.59 Å². The van der Waals surface area contributed by atoms with Crippen LogP contribution >= 0.6 is 35.0 Å². The van der Waals surface area contributed by atoms with Crippen LogP contribution in [0.4, 0.5) is 10.5 Å². The van der Waals surface area contributed by atoms with E-state index in [1.807, 2.05) is 0 Å². The lowest BCUT2D eigenvalue weighted by Gasteiger charge is -2.14. The summed E-state index contributed by atoms with van der Waals surface area (Å²) in [5, 5.41) is 0.464. The molecule has 1 aliphatic heterocycles. The maximum Gasteiger partial charge on any atom is 0.293 e. The van der Waals surface area contributed by atoms with Crippen molar-refractivity contribution in [2.45, 2.75) is 0 Å². The van der Waals surface area contributed by atoms with Gasteiger partial charge in [-0.3, -0.25) is 9.59 Å². The Balaban J connectivity index is 2.45. The zero-order valence-electron chi connectivity index (χ0n) is 7.37. The monoisotopic (exact) mass is 261 g/mol. The van der Waals surface area contributed by atoms with Crippen molar-refractivity contribution in [1.82, 2.24) is 0 Å². The molecule has 0 saturated carbocycles. The molecule has 1 saturated heterocycles. The van der Waals surface area contributed by atoms with Gasteiger partial charge >= 0.3 is 0 Å². The van der Waals surface area contributed by atoms with Gasteiger partial charge in [0.15, 0.2) is 0 Å². The molecule has 1 aromatic carbocycles. The van der Waals surface area contributed by atoms with Gasteiger partial charge in [0.25, 0.3) is 5.24 Å². The first kappa shape index (κ1) is 10.8. The maximum absolute atomic E-state index is 11.4. The molecule has 6 heteroatoms. The summed E-state index contributed by atoms with van der Waals surface area (Å²) in [6.07, 6.45) is 0. The van der Waals surface area contributed by atoms with Crippen molar-refractivity contribution in [3.05, 3.63) is 28.2 Å². The zero-order valence-corrected chi connectivity index (χ0v) is 9.70. The number of imide groups is 1. The predicted molar refractivity (Wildman–Crippen MR) is 61.8 cm³/mol. The quantitative estimate of drug-likeness (QED) is 0.779. The number of halogens is 2. The third-order valence-corrected chi connectivity index (χ3v) is 3.26. The van der Waals surface area contributed by atoms with Crippen molar-refractivity contribution in [3.8, 4) is 0 Å². The summed E-state index contributed by atoms with van der Waals surface area (Å²) in [4.78, 5) is 23.9. The molecule has 0 aromatic heterocycles. The van der Waals surface area contributed by atoms with Crippen molar-refractivity contribution in [1.29, 1.82) is 0 Å². The molecule has 2 rings (SSSR count). The van der Waals surface area contributed by atoms with Crippen molar-refractivity contribution in [2.24, 2.45) is 0 Å². The highest BCUT2D eigenvalue weighted by atomic mass is 35.5. The smallest absolute Gasteiger partial charge is 0.273 e. The summed E-state index contributed by atoms with van der Waals surface area (Å²) < 4.78 is 0. The zero-order chi connectivity index (χ0) is 11.0. The fourth-order valence-electron chi connectivity index (χ4n) is 1.25. The fourth-order valence-corrected chi connectivity index (χ4v) is 2.45. The van der Waals surface area contributed by atoms with E-state index < -0.39 is 0 Å². The number of carbonyl (C=O) groups is 2. The molecule has 0 aliphatic carbocycles. The number of benzene rings is 1. The van der Waals surface area contributed by atoms with Gasteiger partial charge in [0.2, 0.25) is 5.91 Å². The van der Waals surface area contributed by atoms with Crippen LogP contribution in [-0.4, -0.2) is 16.9 Å². The topological polar surface area (TPSA) is 37.4 Å². The Hall–Kier alpha value is -0.710. The van der Waals surface area contributed by atoms with E-state index in [1.54, 1.807) is 12.1 Å². The van der Waals surface area contributed by atoms with Crippen molar-refractivity contribution >= 4 is 51.8 Å². The van der Waals surface area contributed by atoms with E-state index in [0.29, 0.717) is 15.7 Å². The number of amides is 2. The molecule has 1 aliphatic rings. The average Bonchev–Trinajstić information content (AvgIpc) is 2.48. The Morgan fingerprint density at radius 1 is 1.27 bits per heavy atom. The summed E-state index contributed by atoms with van der Waals surface area (Å²) in [5.74, 6) is -0.0909. The van der Waals surface area contributed by atoms with E-state index in [2.05, 4.69) is 0 Å². The first-order chi connectivity index (χ1) is 7.09. The normalized spacial score (nSPS) is 16.3. The summed E-state index contributed by atoms with van der Waals surface area (Å²) >= 11 is 12.6. The van der Waals surface area contributed by atoms with Crippen LogP contribution < -0.4 is 4.90 Å². The molecule has 1 fully saturated rings. The van der Waals surface area contributed by atoms with E-state index in [-0.39, 0.29) is 16.9 Å². The van der Waals surface area contributed by atoms with E-state index in [0.717, 1.165) is 16.7 Å². The molecular formula is C9H5Cl2NO2S. The van der Waals surface area contributed by atoms with E-state index in [9.17, 15) is 9.59 Å². The van der Waals surface area contributed by atoms with Gasteiger partial charge in [-0.05, 0) is 18.2 Å². The van der Waals surface area contributed by atoms with Crippen LogP contribution in [0.2, 0.25) is 10.0 Å². The highest BCUT2D eigenvalue weighted by molar-refractivity contribution is 8.15. The Kier molecular flexibility index (Phi) is 2.91. The average molecular weight is 262 g/mol. The fraction of sp³-hybridized carbons (Fsp3) is 0.111.